The number of hydrogen-bond donors (Lipinski definition) is 0. The van der Waals surface area contributed by atoms with Crippen molar-refractivity contribution in [3.8, 4) is 0 Å². The normalized spacial score (nSPS) is 10.6. The van der Waals surface area contributed by atoms with Crippen LogP contribution < -0.4 is 0 Å². The summed E-state index contributed by atoms with van der Waals surface area (Å²) >= 11 is 0. The molecule has 0 unspecified atom stereocenters. The molecule has 0 aliphatic carbocycles. The minimum Gasteiger partial charge on any atom is -0.258 e. The van der Waals surface area contributed by atoms with E-state index in [2.05, 4.69) is 32.0 Å². The van der Waals surface area contributed by atoms with E-state index in [1.165, 1.54) is 16.7 Å². The van der Waals surface area contributed by atoms with Crippen LogP contribution in [0.15, 0.2) is 36.4 Å². The Balaban J connectivity index is 2.13. The Bertz CT molecular complexity index is 662. The van der Waals surface area contributed by atoms with Crippen molar-refractivity contribution in [3.63, 3.8) is 0 Å². The molecule has 21 heavy (non-hydrogen) atoms. The first-order chi connectivity index (χ1) is 10.0. The lowest BCUT2D eigenvalue weighted by atomic mass is 9.97. The predicted octanol–water partition coefficient (Wildman–Crippen LogP) is 4.56. The van der Waals surface area contributed by atoms with Crippen LogP contribution in [-0.4, -0.2) is 4.92 Å². The highest BCUT2D eigenvalue weighted by molar-refractivity contribution is 5.43. The lowest BCUT2D eigenvalue weighted by Gasteiger charge is -2.08. The van der Waals surface area contributed by atoms with Crippen molar-refractivity contribution in [1.82, 2.24) is 0 Å². The second-order valence-electron chi connectivity index (χ2n) is 5.49. The van der Waals surface area contributed by atoms with Crippen LogP contribution in [0.25, 0.3) is 0 Å². The first kappa shape index (κ1) is 15.2. The van der Waals surface area contributed by atoms with Crippen molar-refractivity contribution < 1.29 is 4.92 Å². The molecule has 0 aliphatic heterocycles. The molecule has 0 heterocycles. The van der Waals surface area contributed by atoms with Gasteiger partial charge in [0.2, 0.25) is 0 Å². The van der Waals surface area contributed by atoms with Gasteiger partial charge in [-0.1, -0.05) is 37.3 Å². The number of benzene rings is 2. The topological polar surface area (TPSA) is 43.1 Å². The zero-order valence-corrected chi connectivity index (χ0v) is 12.8. The largest absolute Gasteiger partial charge is 0.272 e. The molecule has 3 nitrogen and oxygen atoms in total. The smallest absolute Gasteiger partial charge is 0.258 e. The quantitative estimate of drug-likeness (QED) is 0.596. The van der Waals surface area contributed by atoms with Gasteiger partial charge < -0.3 is 0 Å². The Kier molecular flexibility index (Phi) is 4.73. The van der Waals surface area contributed by atoms with Crippen molar-refractivity contribution in [2.24, 2.45) is 0 Å². The van der Waals surface area contributed by atoms with Crippen molar-refractivity contribution in [1.29, 1.82) is 0 Å². The van der Waals surface area contributed by atoms with Crippen LogP contribution in [0.3, 0.4) is 0 Å². The van der Waals surface area contributed by atoms with E-state index >= 15 is 0 Å². The molecule has 3 heteroatoms. The first-order valence-corrected chi connectivity index (χ1v) is 7.33. The summed E-state index contributed by atoms with van der Waals surface area (Å²) < 4.78 is 0. The van der Waals surface area contributed by atoms with Gasteiger partial charge in [-0.15, -0.1) is 0 Å². The van der Waals surface area contributed by atoms with Crippen LogP contribution in [0.1, 0.15) is 34.7 Å². The van der Waals surface area contributed by atoms with Crippen LogP contribution in [0, 0.1) is 24.0 Å². The van der Waals surface area contributed by atoms with Gasteiger partial charge in [-0.05, 0) is 55.4 Å². The second kappa shape index (κ2) is 6.53. The number of rotatable bonds is 5. The van der Waals surface area contributed by atoms with Crippen molar-refractivity contribution >= 4 is 5.69 Å². The molecule has 110 valence electrons. The monoisotopic (exact) mass is 283 g/mol. The fourth-order valence-electron chi connectivity index (χ4n) is 2.54. The van der Waals surface area contributed by atoms with E-state index in [9.17, 15) is 10.1 Å². The minimum absolute atomic E-state index is 0.213. The molecule has 0 bridgehead atoms. The van der Waals surface area contributed by atoms with E-state index in [4.69, 9.17) is 0 Å². The summed E-state index contributed by atoms with van der Waals surface area (Å²) in [4.78, 5) is 10.7. The summed E-state index contributed by atoms with van der Waals surface area (Å²) in [7, 11) is 0. The van der Waals surface area contributed by atoms with Gasteiger partial charge in [-0.2, -0.15) is 0 Å². The average molecular weight is 283 g/mol. The van der Waals surface area contributed by atoms with Gasteiger partial charge in [0.25, 0.3) is 5.69 Å². The fraction of sp³-hybridized carbons (Fsp3) is 0.333. The van der Waals surface area contributed by atoms with Crippen LogP contribution in [0.5, 0.6) is 0 Å². The molecule has 2 aromatic carbocycles. The van der Waals surface area contributed by atoms with E-state index in [-0.39, 0.29) is 10.6 Å². The van der Waals surface area contributed by atoms with Gasteiger partial charge in [0.15, 0.2) is 0 Å². The molecule has 0 amide bonds. The summed E-state index contributed by atoms with van der Waals surface area (Å²) in [5.41, 5.74) is 5.91. The lowest BCUT2D eigenvalue weighted by molar-refractivity contribution is -0.385. The average Bonchev–Trinajstić information content (AvgIpc) is 2.47. The highest BCUT2D eigenvalue weighted by Crippen LogP contribution is 2.21. The Morgan fingerprint density at radius 1 is 0.952 bits per heavy atom. The van der Waals surface area contributed by atoms with Crippen LogP contribution in [-0.2, 0) is 19.3 Å². The van der Waals surface area contributed by atoms with E-state index in [0.29, 0.717) is 5.56 Å². The molecular weight excluding hydrogens is 262 g/mol. The minimum atomic E-state index is -0.305. The molecular formula is C18H21NO2. The molecule has 0 spiro atoms. The van der Waals surface area contributed by atoms with Crippen LogP contribution >= 0.6 is 0 Å². The van der Waals surface area contributed by atoms with Crippen LogP contribution in [0.2, 0.25) is 0 Å². The number of hydrogen-bond acceptors (Lipinski definition) is 2. The zero-order valence-electron chi connectivity index (χ0n) is 12.8. The van der Waals surface area contributed by atoms with Gasteiger partial charge in [-0.25, -0.2) is 0 Å². The lowest BCUT2D eigenvalue weighted by Crippen LogP contribution is -1.98. The van der Waals surface area contributed by atoms with E-state index < -0.39 is 0 Å². The van der Waals surface area contributed by atoms with Gasteiger partial charge in [0, 0.05) is 11.6 Å². The van der Waals surface area contributed by atoms with E-state index in [0.717, 1.165) is 24.8 Å². The van der Waals surface area contributed by atoms with Gasteiger partial charge >= 0.3 is 0 Å². The standard InChI is InChI=1S/C18H21NO2/c1-4-15-7-9-17(14(3)11-15)10-8-16-6-5-13(2)18(12-16)19(20)21/h5-7,9,11-12H,4,8,10H2,1-3H3. The number of nitrogens with zero attached hydrogens (tertiary/aromatic N) is 1. The van der Waals surface area contributed by atoms with Gasteiger partial charge in [0.1, 0.15) is 0 Å². The Hall–Kier alpha value is -2.16. The highest BCUT2D eigenvalue weighted by atomic mass is 16.6. The number of aryl methyl sites for hydroxylation is 5. The molecule has 0 aliphatic rings. The van der Waals surface area contributed by atoms with Crippen molar-refractivity contribution in [2.75, 3.05) is 0 Å². The summed E-state index contributed by atoms with van der Waals surface area (Å²) in [6.07, 6.45) is 2.79. The van der Waals surface area contributed by atoms with Gasteiger partial charge in [0.05, 0.1) is 4.92 Å². The zero-order chi connectivity index (χ0) is 15.4. The maximum Gasteiger partial charge on any atom is 0.272 e. The van der Waals surface area contributed by atoms with E-state index in [1.54, 1.807) is 13.0 Å². The molecule has 0 saturated heterocycles. The summed E-state index contributed by atoms with van der Waals surface area (Å²) in [6, 6.07) is 12.1. The Morgan fingerprint density at radius 2 is 1.67 bits per heavy atom. The molecule has 0 fully saturated rings. The second-order valence-corrected chi connectivity index (χ2v) is 5.49. The van der Waals surface area contributed by atoms with Crippen LogP contribution in [0.4, 0.5) is 5.69 Å². The third-order valence-corrected chi connectivity index (χ3v) is 3.97. The SMILES string of the molecule is CCc1ccc(CCc2ccc(C)c([N+](=O)[O-])c2)c(C)c1. The highest BCUT2D eigenvalue weighted by Gasteiger charge is 2.11. The maximum absolute atomic E-state index is 11.0. The number of nitro groups is 1. The van der Waals surface area contributed by atoms with Gasteiger partial charge in [-0.3, -0.25) is 10.1 Å². The maximum atomic E-state index is 11.0. The molecule has 2 aromatic rings. The fourth-order valence-corrected chi connectivity index (χ4v) is 2.54. The third-order valence-electron chi connectivity index (χ3n) is 3.97. The molecule has 0 N–H and O–H groups in total. The summed E-state index contributed by atoms with van der Waals surface area (Å²) in [5.74, 6) is 0. The summed E-state index contributed by atoms with van der Waals surface area (Å²) in [6.45, 7) is 6.06. The van der Waals surface area contributed by atoms with E-state index in [1.807, 2.05) is 12.1 Å². The van der Waals surface area contributed by atoms with Crippen molar-refractivity contribution in [3.05, 3.63) is 74.3 Å². The number of nitro benzene ring substituents is 1. The molecule has 0 atom stereocenters. The Morgan fingerprint density at radius 3 is 2.29 bits per heavy atom. The molecule has 2 rings (SSSR count). The predicted molar refractivity (Wildman–Crippen MR) is 85.8 cm³/mol. The first-order valence-electron chi connectivity index (χ1n) is 7.33. The third kappa shape index (κ3) is 3.69. The Labute approximate surface area is 125 Å². The van der Waals surface area contributed by atoms with Crippen molar-refractivity contribution in [2.45, 2.75) is 40.0 Å². The molecule has 0 radical (unpaired) electrons. The molecule has 0 aromatic heterocycles. The summed E-state index contributed by atoms with van der Waals surface area (Å²) in [5, 5.41) is 11.0. The molecule has 0 saturated carbocycles.